The van der Waals surface area contributed by atoms with E-state index in [4.69, 9.17) is 21.4 Å². The van der Waals surface area contributed by atoms with E-state index in [2.05, 4.69) is 4.90 Å². The van der Waals surface area contributed by atoms with Gasteiger partial charge in [-0.3, -0.25) is 9.69 Å². The van der Waals surface area contributed by atoms with Crippen LogP contribution in [0.25, 0.3) is 26.7 Å². The Balaban J connectivity index is 1.54. The number of thiophene rings is 1. The quantitative estimate of drug-likeness (QED) is 0.282. The summed E-state index contributed by atoms with van der Waals surface area (Å²) < 4.78 is 30.9. The molecule has 1 aliphatic heterocycles. The van der Waals surface area contributed by atoms with E-state index in [1.165, 1.54) is 13.4 Å². The van der Waals surface area contributed by atoms with Gasteiger partial charge in [0.05, 0.1) is 39.0 Å². The molecule has 37 heavy (non-hydrogen) atoms. The monoisotopic (exact) mass is 555 g/mol. The molecule has 0 N–H and O–H groups in total. The van der Waals surface area contributed by atoms with Crippen molar-refractivity contribution in [2.45, 2.75) is 30.3 Å². The van der Waals surface area contributed by atoms with Gasteiger partial charge in [0.25, 0.3) is 0 Å². The van der Waals surface area contributed by atoms with Gasteiger partial charge in [0.2, 0.25) is 0 Å². The van der Waals surface area contributed by atoms with E-state index in [0.717, 1.165) is 51.8 Å². The van der Waals surface area contributed by atoms with Gasteiger partial charge in [0.1, 0.15) is 6.04 Å². The maximum Gasteiger partial charge on any atom is 0.323 e. The molecule has 192 valence electrons. The van der Waals surface area contributed by atoms with E-state index >= 15 is 0 Å². The number of nitrogens with zero attached hydrogens (tertiary/aromatic N) is 3. The highest BCUT2D eigenvalue weighted by Crippen LogP contribution is 2.37. The number of rotatable bonds is 7. The Morgan fingerprint density at radius 2 is 1.89 bits per heavy atom. The highest BCUT2D eigenvalue weighted by atomic mass is 35.5. The van der Waals surface area contributed by atoms with Crippen LogP contribution in [0.4, 0.5) is 0 Å². The summed E-state index contributed by atoms with van der Waals surface area (Å²) in [4.78, 5) is 16.5. The fraction of sp³-hybridized carbons (Fsp3) is 0.259. The number of methoxy groups -OCH3 is 1. The van der Waals surface area contributed by atoms with Crippen LogP contribution < -0.4 is 0 Å². The number of esters is 1. The van der Waals surface area contributed by atoms with Crippen molar-refractivity contribution in [3.05, 3.63) is 77.4 Å². The number of aromatic nitrogens is 2. The van der Waals surface area contributed by atoms with Crippen LogP contribution in [0.2, 0.25) is 5.02 Å². The minimum atomic E-state index is -3.31. The predicted octanol–water partition coefficient (Wildman–Crippen LogP) is 5.46. The lowest BCUT2D eigenvalue weighted by molar-refractivity contribution is -0.146. The highest BCUT2D eigenvalue weighted by molar-refractivity contribution is 7.90. The summed E-state index contributed by atoms with van der Waals surface area (Å²) in [6.45, 7) is 1.31. The third kappa shape index (κ3) is 5.36. The lowest BCUT2D eigenvalue weighted by Gasteiger charge is -2.21. The van der Waals surface area contributed by atoms with Gasteiger partial charge in [-0.1, -0.05) is 35.9 Å². The van der Waals surface area contributed by atoms with Crippen molar-refractivity contribution in [3.63, 3.8) is 0 Å². The molecule has 2 aromatic heterocycles. The lowest BCUT2D eigenvalue weighted by Crippen LogP contribution is -2.36. The van der Waals surface area contributed by atoms with Crippen molar-refractivity contribution in [2.24, 2.45) is 0 Å². The van der Waals surface area contributed by atoms with Gasteiger partial charge in [0, 0.05) is 17.7 Å². The lowest BCUT2D eigenvalue weighted by atomic mass is 10.2. The molecule has 1 saturated heterocycles. The smallest absolute Gasteiger partial charge is 0.323 e. The summed E-state index contributed by atoms with van der Waals surface area (Å²) >= 11 is 8.11. The average molecular weight is 556 g/mol. The number of hydrogen-bond donors (Lipinski definition) is 0. The summed E-state index contributed by atoms with van der Waals surface area (Å²) in [5.41, 5.74) is 3.28. The zero-order valence-electron chi connectivity index (χ0n) is 20.4. The number of para-hydroxylation sites is 1. The van der Waals surface area contributed by atoms with E-state index in [1.54, 1.807) is 29.5 Å². The van der Waals surface area contributed by atoms with E-state index in [1.807, 2.05) is 53.2 Å². The first-order valence-electron chi connectivity index (χ1n) is 11.8. The van der Waals surface area contributed by atoms with Gasteiger partial charge < -0.3 is 4.74 Å². The number of halogens is 1. The van der Waals surface area contributed by atoms with Crippen LogP contribution in [0.15, 0.2) is 71.6 Å². The Kier molecular flexibility index (Phi) is 7.22. The van der Waals surface area contributed by atoms with Gasteiger partial charge >= 0.3 is 5.97 Å². The van der Waals surface area contributed by atoms with Gasteiger partial charge in [0.15, 0.2) is 9.84 Å². The second-order valence-corrected chi connectivity index (χ2v) is 12.5. The number of likely N-dealkylation sites (tertiary alicyclic amines) is 1. The minimum absolute atomic E-state index is 0.220. The van der Waals surface area contributed by atoms with E-state index in [-0.39, 0.29) is 16.9 Å². The second kappa shape index (κ2) is 10.4. The second-order valence-electron chi connectivity index (χ2n) is 9.00. The molecule has 0 saturated carbocycles. The predicted molar refractivity (Wildman–Crippen MR) is 146 cm³/mol. The molecule has 5 rings (SSSR count). The third-order valence-electron chi connectivity index (χ3n) is 6.45. The van der Waals surface area contributed by atoms with Gasteiger partial charge in [-0.05, 0) is 67.4 Å². The third-order valence-corrected chi connectivity index (χ3v) is 9.03. The van der Waals surface area contributed by atoms with E-state index in [0.29, 0.717) is 11.6 Å². The topological polar surface area (TPSA) is 81.5 Å². The molecule has 0 spiro atoms. The van der Waals surface area contributed by atoms with E-state index in [9.17, 15) is 13.2 Å². The summed E-state index contributed by atoms with van der Waals surface area (Å²) in [6, 6.07) is 20.2. The zero-order chi connectivity index (χ0) is 26.2. The summed E-state index contributed by atoms with van der Waals surface area (Å²) in [5.74, 6) is -0.220. The molecule has 0 aliphatic carbocycles. The normalized spacial score (nSPS) is 16.2. The molecule has 2 aromatic carbocycles. The number of benzene rings is 2. The summed E-state index contributed by atoms with van der Waals surface area (Å²) in [6.07, 6.45) is 2.91. The molecule has 0 bridgehead atoms. The number of ether oxygens (including phenoxy) is 1. The first kappa shape index (κ1) is 25.7. The van der Waals surface area contributed by atoms with E-state index < -0.39 is 9.84 Å². The molecular weight excluding hydrogens is 530 g/mol. The molecule has 0 amide bonds. The van der Waals surface area contributed by atoms with Crippen molar-refractivity contribution in [2.75, 3.05) is 19.9 Å². The molecule has 1 atom stereocenters. The molecular formula is C27H26ClN3O4S2. The van der Waals surface area contributed by atoms with Gasteiger partial charge in [-0.2, -0.15) is 5.10 Å². The number of carbonyl (C=O) groups is 1. The SMILES string of the molecule is COC(=O)[C@H]1CCCN1Cc1cc(-c2ccc(-c3cccc(S(C)(=O)=O)c3)s2)n(-c2ccccc2Cl)n1. The molecule has 0 unspecified atom stereocenters. The van der Waals surface area contributed by atoms with Crippen molar-refractivity contribution in [1.29, 1.82) is 0 Å². The molecule has 0 radical (unpaired) electrons. The zero-order valence-corrected chi connectivity index (χ0v) is 22.8. The van der Waals surface area contributed by atoms with Crippen LogP contribution in [0.3, 0.4) is 0 Å². The molecule has 7 nitrogen and oxygen atoms in total. The van der Waals surface area contributed by atoms with Crippen LogP contribution in [0.5, 0.6) is 0 Å². The van der Waals surface area contributed by atoms with Crippen LogP contribution in [0, 0.1) is 0 Å². The molecule has 3 heterocycles. The average Bonchev–Trinajstić information content (AvgIpc) is 3.63. The molecule has 1 aliphatic rings. The fourth-order valence-corrected chi connectivity index (χ4v) is 6.51. The van der Waals surface area contributed by atoms with Crippen molar-refractivity contribution >= 4 is 38.7 Å². The number of sulfone groups is 1. The van der Waals surface area contributed by atoms with Crippen molar-refractivity contribution < 1.29 is 17.9 Å². The van der Waals surface area contributed by atoms with Crippen LogP contribution in [0.1, 0.15) is 18.5 Å². The largest absolute Gasteiger partial charge is 0.468 e. The standard InChI is InChI=1S/C27H26ClN3O4S2/c1-35-27(32)23-11-6-14-30(23)17-19-16-24(31(29-19)22-10-4-3-9-21(22)28)26-13-12-25(36-26)18-7-5-8-20(15-18)37(2,33)34/h3-5,7-10,12-13,15-16,23H,6,11,14,17H2,1-2H3/t23-/m1/s1. The Hall–Kier alpha value is -2.98. The highest BCUT2D eigenvalue weighted by Gasteiger charge is 2.32. The van der Waals surface area contributed by atoms with Gasteiger partial charge in [-0.15, -0.1) is 11.3 Å². The molecule has 10 heteroatoms. The van der Waals surface area contributed by atoms with Crippen LogP contribution >= 0.6 is 22.9 Å². The summed E-state index contributed by atoms with van der Waals surface area (Å²) in [5, 5.41) is 5.47. The van der Waals surface area contributed by atoms with Crippen molar-refractivity contribution in [1.82, 2.24) is 14.7 Å². The summed E-state index contributed by atoms with van der Waals surface area (Å²) in [7, 11) is -1.89. The Labute approximate surface area is 225 Å². The fourth-order valence-electron chi connectivity index (χ4n) is 4.63. The van der Waals surface area contributed by atoms with Crippen molar-refractivity contribution in [3.8, 4) is 26.7 Å². The first-order valence-corrected chi connectivity index (χ1v) is 14.9. The molecule has 4 aromatic rings. The number of carbonyl (C=O) groups excluding carboxylic acids is 1. The Morgan fingerprint density at radius 3 is 2.65 bits per heavy atom. The maximum absolute atomic E-state index is 12.3. The maximum atomic E-state index is 12.3. The Morgan fingerprint density at radius 1 is 1.11 bits per heavy atom. The first-order chi connectivity index (χ1) is 17.7. The van der Waals surface area contributed by atoms with Crippen LogP contribution in [-0.4, -0.2) is 55.0 Å². The molecule has 1 fully saturated rings. The minimum Gasteiger partial charge on any atom is -0.468 e. The van der Waals surface area contributed by atoms with Gasteiger partial charge in [-0.25, -0.2) is 13.1 Å². The number of hydrogen-bond acceptors (Lipinski definition) is 7. The van der Waals surface area contributed by atoms with Crippen LogP contribution in [-0.2, 0) is 25.9 Å². The Bertz CT molecular complexity index is 1560.